The van der Waals surface area contributed by atoms with Crippen molar-refractivity contribution in [2.75, 3.05) is 37.5 Å². The van der Waals surface area contributed by atoms with Gasteiger partial charge in [-0.25, -0.2) is 15.8 Å². The highest BCUT2D eigenvalue weighted by Crippen LogP contribution is 2.54. The van der Waals surface area contributed by atoms with E-state index in [1.54, 1.807) is 0 Å². The lowest BCUT2D eigenvalue weighted by Crippen LogP contribution is -2.36. The number of hydrogen-bond acceptors (Lipinski definition) is 6. The molecule has 3 rings (SSSR count). The van der Waals surface area contributed by atoms with Crippen LogP contribution in [-0.4, -0.2) is 48.1 Å². The smallest absolute Gasteiger partial charge is 0.209 e. The fourth-order valence-corrected chi connectivity index (χ4v) is 3.42. The second kappa shape index (κ2) is 5.06. The monoisotopic (exact) mass is 294 g/mol. The first kappa shape index (κ1) is 14.5. The summed E-state index contributed by atoms with van der Waals surface area (Å²) in [5.41, 5.74) is 2.65. The predicted octanol–water partition coefficient (Wildman–Crippen LogP) is 0.994. The third-order valence-corrected chi connectivity index (χ3v) is 4.75. The van der Waals surface area contributed by atoms with Crippen LogP contribution in [0, 0.1) is 11.2 Å². The molecule has 7 heteroatoms. The molecule has 0 bridgehead atoms. The Kier molecular flexibility index (Phi) is 3.49. The van der Waals surface area contributed by atoms with E-state index in [9.17, 15) is 4.39 Å². The molecule has 1 unspecified atom stereocenters. The summed E-state index contributed by atoms with van der Waals surface area (Å²) in [6.07, 6.45) is 3.07. The molecule has 1 saturated heterocycles. The van der Waals surface area contributed by atoms with Crippen LogP contribution < -0.4 is 16.2 Å². The van der Waals surface area contributed by atoms with E-state index in [-0.39, 0.29) is 5.82 Å². The van der Waals surface area contributed by atoms with Crippen molar-refractivity contribution in [3.8, 4) is 0 Å². The van der Waals surface area contributed by atoms with Crippen LogP contribution in [0.2, 0.25) is 0 Å². The van der Waals surface area contributed by atoms with E-state index in [1.807, 2.05) is 6.92 Å². The van der Waals surface area contributed by atoms with Crippen LogP contribution in [0.25, 0.3) is 0 Å². The van der Waals surface area contributed by atoms with Gasteiger partial charge in [-0.15, -0.1) is 0 Å². The Morgan fingerprint density at radius 1 is 1.43 bits per heavy atom. The first-order valence-corrected chi connectivity index (χ1v) is 7.45. The van der Waals surface area contributed by atoms with Crippen molar-refractivity contribution in [1.29, 1.82) is 0 Å². The number of nitrogens with one attached hydrogen (secondary N) is 1. The van der Waals surface area contributed by atoms with E-state index >= 15 is 0 Å². The molecule has 1 aromatic rings. The summed E-state index contributed by atoms with van der Waals surface area (Å²) in [4.78, 5) is 12.8. The SMILES string of the molecule is CCc1nc(NN)c(F)c(N2CC(N(C)C)C3(CC3)C2)n1. The van der Waals surface area contributed by atoms with Crippen LogP contribution >= 0.6 is 0 Å². The van der Waals surface area contributed by atoms with Crippen molar-refractivity contribution < 1.29 is 4.39 Å². The number of rotatable bonds is 4. The first-order valence-electron chi connectivity index (χ1n) is 7.45. The molecule has 116 valence electrons. The van der Waals surface area contributed by atoms with E-state index < -0.39 is 5.82 Å². The topological polar surface area (TPSA) is 70.3 Å². The zero-order valence-electron chi connectivity index (χ0n) is 12.9. The molecule has 0 amide bonds. The number of nitrogens with two attached hydrogens (primary N) is 1. The van der Waals surface area contributed by atoms with Gasteiger partial charge in [0.25, 0.3) is 0 Å². The maximum atomic E-state index is 14.5. The number of halogens is 1. The largest absolute Gasteiger partial charge is 0.352 e. The zero-order valence-corrected chi connectivity index (χ0v) is 12.9. The highest BCUT2D eigenvalue weighted by atomic mass is 19.1. The third kappa shape index (κ3) is 2.34. The van der Waals surface area contributed by atoms with Crippen LogP contribution in [0.3, 0.4) is 0 Å². The van der Waals surface area contributed by atoms with Crippen molar-refractivity contribution in [3.63, 3.8) is 0 Å². The molecule has 2 aliphatic rings. The Balaban J connectivity index is 1.94. The van der Waals surface area contributed by atoms with Crippen molar-refractivity contribution in [1.82, 2.24) is 14.9 Å². The number of likely N-dealkylation sites (N-methyl/N-ethyl adjacent to an activating group) is 1. The standard InChI is InChI=1S/C14H23FN6/c1-4-10-17-12(19-16)11(15)13(18-10)21-7-9(20(2)3)14(8-21)5-6-14/h9H,4-8,16H2,1-3H3,(H,17,18,19). The van der Waals surface area contributed by atoms with E-state index in [0.717, 1.165) is 13.1 Å². The molecule has 1 saturated carbocycles. The Hall–Kier alpha value is -1.47. The van der Waals surface area contributed by atoms with Gasteiger partial charge in [-0.2, -0.15) is 4.39 Å². The summed E-state index contributed by atoms with van der Waals surface area (Å²) in [5.74, 6) is 5.99. The Morgan fingerprint density at radius 2 is 2.14 bits per heavy atom. The van der Waals surface area contributed by atoms with Gasteiger partial charge in [-0.3, -0.25) is 0 Å². The van der Waals surface area contributed by atoms with Crippen LogP contribution in [0.1, 0.15) is 25.6 Å². The lowest BCUT2D eigenvalue weighted by molar-refractivity contribution is 0.241. The molecule has 21 heavy (non-hydrogen) atoms. The lowest BCUT2D eigenvalue weighted by atomic mass is 10.0. The van der Waals surface area contributed by atoms with Gasteiger partial charge in [-0.05, 0) is 26.9 Å². The summed E-state index contributed by atoms with van der Waals surface area (Å²) < 4.78 is 14.5. The average Bonchev–Trinajstić information content (AvgIpc) is 3.12. The average molecular weight is 294 g/mol. The minimum Gasteiger partial charge on any atom is -0.352 e. The van der Waals surface area contributed by atoms with Crippen LogP contribution in [0.15, 0.2) is 0 Å². The van der Waals surface area contributed by atoms with E-state index in [0.29, 0.717) is 29.5 Å². The molecular formula is C14H23FN6. The molecular weight excluding hydrogens is 271 g/mol. The summed E-state index contributed by atoms with van der Waals surface area (Å²) >= 11 is 0. The van der Waals surface area contributed by atoms with E-state index in [2.05, 4.69) is 39.3 Å². The molecule has 1 aliphatic carbocycles. The number of nitrogen functional groups attached to an aromatic ring is 1. The van der Waals surface area contributed by atoms with Crippen molar-refractivity contribution in [2.45, 2.75) is 32.2 Å². The number of nitrogens with zero attached hydrogens (tertiary/aromatic N) is 4. The summed E-state index contributed by atoms with van der Waals surface area (Å²) in [6, 6.07) is 0.450. The molecule has 0 radical (unpaired) electrons. The van der Waals surface area contributed by atoms with Gasteiger partial charge in [-0.1, -0.05) is 6.92 Å². The van der Waals surface area contributed by atoms with Crippen LogP contribution in [-0.2, 0) is 6.42 Å². The van der Waals surface area contributed by atoms with Crippen molar-refractivity contribution in [3.05, 3.63) is 11.6 Å². The molecule has 3 N–H and O–H groups in total. The van der Waals surface area contributed by atoms with Gasteiger partial charge in [0.05, 0.1) is 0 Å². The predicted molar refractivity (Wildman–Crippen MR) is 80.5 cm³/mol. The highest BCUT2D eigenvalue weighted by molar-refractivity contribution is 5.53. The number of hydrazine groups is 1. The number of hydrogen-bond donors (Lipinski definition) is 2. The number of anilines is 2. The molecule has 1 aliphatic heterocycles. The molecule has 6 nitrogen and oxygen atoms in total. The molecule has 0 aromatic carbocycles. The highest BCUT2D eigenvalue weighted by Gasteiger charge is 2.56. The molecule has 1 aromatic heterocycles. The molecule has 2 fully saturated rings. The van der Waals surface area contributed by atoms with Gasteiger partial charge in [0.1, 0.15) is 5.82 Å². The van der Waals surface area contributed by atoms with Crippen molar-refractivity contribution >= 4 is 11.6 Å². The van der Waals surface area contributed by atoms with Gasteiger partial charge < -0.3 is 15.2 Å². The molecule has 2 heterocycles. The first-order chi connectivity index (χ1) is 10.0. The van der Waals surface area contributed by atoms with Crippen LogP contribution in [0.4, 0.5) is 16.0 Å². The number of aryl methyl sites for hydroxylation is 1. The minimum absolute atomic E-state index is 0.0787. The Labute approximate surface area is 124 Å². The summed E-state index contributed by atoms with van der Waals surface area (Å²) in [6.45, 7) is 3.61. The summed E-state index contributed by atoms with van der Waals surface area (Å²) in [7, 11) is 4.18. The number of aromatic nitrogens is 2. The zero-order chi connectivity index (χ0) is 15.2. The Morgan fingerprint density at radius 3 is 2.62 bits per heavy atom. The normalized spacial score (nSPS) is 23.1. The summed E-state index contributed by atoms with van der Waals surface area (Å²) in [5, 5.41) is 0. The van der Waals surface area contributed by atoms with Gasteiger partial charge in [0, 0.05) is 31.0 Å². The van der Waals surface area contributed by atoms with E-state index in [1.165, 1.54) is 12.8 Å². The quantitative estimate of drug-likeness (QED) is 0.637. The Bertz CT molecular complexity index is 543. The molecule has 1 spiro atoms. The second-order valence-electron chi connectivity index (χ2n) is 6.35. The minimum atomic E-state index is -0.454. The van der Waals surface area contributed by atoms with Gasteiger partial charge >= 0.3 is 0 Å². The lowest BCUT2D eigenvalue weighted by Gasteiger charge is -2.24. The fourth-order valence-electron chi connectivity index (χ4n) is 3.42. The van der Waals surface area contributed by atoms with Crippen LogP contribution in [0.5, 0.6) is 0 Å². The third-order valence-electron chi connectivity index (χ3n) is 4.75. The fraction of sp³-hybridized carbons (Fsp3) is 0.714. The second-order valence-corrected chi connectivity index (χ2v) is 6.35. The van der Waals surface area contributed by atoms with Gasteiger partial charge in [0.2, 0.25) is 5.82 Å². The van der Waals surface area contributed by atoms with Crippen molar-refractivity contribution in [2.24, 2.45) is 11.3 Å². The maximum absolute atomic E-state index is 14.5. The molecule has 1 atom stereocenters. The van der Waals surface area contributed by atoms with Gasteiger partial charge in [0.15, 0.2) is 11.6 Å². The maximum Gasteiger partial charge on any atom is 0.209 e. The van der Waals surface area contributed by atoms with E-state index in [4.69, 9.17) is 5.84 Å².